The first-order valence-corrected chi connectivity index (χ1v) is 10.9. The first-order valence-electron chi connectivity index (χ1n) is 9.98. The van der Waals surface area contributed by atoms with Crippen LogP contribution >= 0.6 is 15.9 Å². The smallest absolute Gasteiger partial charge is 0.444 e. The lowest BCUT2D eigenvalue weighted by molar-refractivity contribution is -0.186. The molecule has 2 N–H and O–H groups in total. The van der Waals surface area contributed by atoms with Crippen molar-refractivity contribution in [2.24, 2.45) is 0 Å². The zero-order chi connectivity index (χ0) is 22.5. The summed E-state index contributed by atoms with van der Waals surface area (Å²) in [6.45, 7) is 5.78. The van der Waals surface area contributed by atoms with Crippen molar-refractivity contribution in [1.29, 1.82) is 0 Å². The van der Waals surface area contributed by atoms with E-state index in [0.29, 0.717) is 57.9 Å². The molecule has 0 bridgehead atoms. The summed E-state index contributed by atoms with van der Waals surface area (Å²) in [5, 5.41) is 11.4. The second-order valence-electron chi connectivity index (χ2n) is 7.85. The van der Waals surface area contributed by atoms with Gasteiger partial charge in [0.25, 0.3) is 0 Å². The Labute approximate surface area is 179 Å². The third-order valence-corrected chi connectivity index (χ3v) is 4.89. The van der Waals surface area contributed by atoms with Crippen LogP contribution in [-0.2, 0) is 9.53 Å². The zero-order valence-electron chi connectivity index (χ0n) is 17.5. The van der Waals surface area contributed by atoms with E-state index in [4.69, 9.17) is 9.84 Å². The number of carbonyl (C=O) groups is 2. The zero-order valence-corrected chi connectivity index (χ0v) is 19.1. The number of hydrogen-bond donors (Lipinski definition) is 2. The third-order valence-electron chi connectivity index (χ3n) is 3.94. The summed E-state index contributed by atoms with van der Waals surface area (Å²) in [4.78, 5) is 23.4. The van der Waals surface area contributed by atoms with Gasteiger partial charge in [-0.25, -0.2) is 4.79 Å². The second kappa shape index (κ2) is 14.1. The van der Waals surface area contributed by atoms with Crippen molar-refractivity contribution in [3.05, 3.63) is 0 Å². The van der Waals surface area contributed by atoms with Gasteiger partial charge in [-0.2, -0.15) is 13.2 Å². The first kappa shape index (κ1) is 28.0. The number of amides is 2. The molecule has 0 aromatic rings. The lowest BCUT2D eigenvalue weighted by Crippen LogP contribution is -2.45. The summed E-state index contributed by atoms with van der Waals surface area (Å²) >= 11 is 3.22. The summed E-state index contributed by atoms with van der Waals surface area (Å²) in [5.74, 6) is -1.84. The lowest BCUT2D eigenvalue weighted by Gasteiger charge is -2.29. The number of nitrogens with zero attached hydrogens (tertiary/aromatic N) is 1. The molecule has 0 aliphatic carbocycles. The molecule has 10 heteroatoms. The molecule has 0 rings (SSSR count). The average Bonchev–Trinajstić information content (AvgIpc) is 2.58. The van der Waals surface area contributed by atoms with Gasteiger partial charge < -0.3 is 20.1 Å². The van der Waals surface area contributed by atoms with E-state index in [0.717, 1.165) is 4.90 Å². The van der Waals surface area contributed by atoms with Crippen molar-refractivity contribution in [2.75, 3.05) is 19.7 Å². The maximum atomic E-state index is 12.9. The quantitative estimate of drug-likeness (QED) is 0.222. The van der Waals surface area contributed by atoms with Crippen LogP contribution in [0.25, 0.3) is 0 Å². The molecular formula is C19H34BrF3N2O4. The molecule has 1 atom stereocenters. The third kappa shape index (κ3) is 14.6. The molecule has 6 nitrogen and oxygen atoms in total. The molecule has 0 aliphatic heterocycles. The Morgan fingerprint density at radius 1 is 1.03 bits per heavy atom. The Morgan fingerprint density at radius 3 is 2.17 bits per heavy atom. The summed E-state index contributed by atoms with van der Waals surface area (Å²) < 4.78 is 43.7. The van der Waals surface area contributed by atoms with Gasteiger partial charge in [0, 0.05) is 19.7 Å². The van der Waals surface area contributed by atoms with Crippen molar-refractivity contribution < 1.29 is 32.6 Å². The number of aliphatic hydroxyl groups excluding tert-OH is 1. The van der Waals surface area contributed by atoms with Gasteiger partial charge in [-0.1, -0.05) is 41.6 Å². The fraction of sp³-hybridized carbons (Fsp3) is 0.895. The van der Waals surface area contributed by atoms with Gasteiger partial charge in [0.1, 0.15) is 5.60 Å². The highest BCUT2D eigenvalue weighted by molar-refractivity contribution is 9.09. The van der Waals surface area contributed by atoms with Crippen LogP contribution in [0.5, 0.6) is 0 Å². The molecule has 0 aliphatic rings. The fourth-order valence-corrected chi connectivity index (χ4v) is 3.27. The molecule has 0 aromatic carbocycles. The fourth-order valence-electron chi connectivity index (χ4n) is 2.55. The number of aliphatic hydroxyl groups is 1. The number of carbonyl (C=O) groups excluding carboxylic acids is 2. The minimum atomic E-state index is -4.91. The SMILES string of the molecule is CC(C)(C)OC(=O)NCCCCCC(Br)N(CCCCCCO)C(=O)C(F)(F)F. The number of unbranched alkanes of at least 4 members (excludes halogenated alkanes) is 5. The Balaban J connectivity index is 4.29. The van der Waals surface area contributed by atoms with Crippen LogP contribution in [0.4, 0.5) is 18.0 Å². The molecule has 0 aromatic heterocycles. The molecule has 0 fully saturated rings. The molecule has 1 unspecified atom stereocenters. The van der Waals surface area contributed by atoms with E-state index >= 15 is 0 Å². The molecule has 0 saturated carbocycles. The topological polar surface area (TPSA) is 78.9 Å². The predicted molar refractivity (Wildman–Crippen MR) is 109 cm³/mol. The molecular weight excluding hydrogens is 457 g/mol. The van der Waals surface area contributed by atoms with Crippen LogP contribution in [0, 0.1) is 0 Å². The summed E-state index contributed by atoms with van der Waals surface area (Å²) in [5.41, 5.74) is -0.570. The minimum Gasteiger partial charge on any atom is -0.444 e. The summed E-state index contributed by atoms with van der Waals surface area (Å²) in [7, 11) is 0. The Bertz CT molecular complexity index is 485. The average molecular weight is 491 g/mol. The number of ether oxygens (including phenoxy) is 1. The van der Waals surface area contributed by atoms with Crippen molar-refractivity contribution in [2.45, 2.75) is 88.9 Å². The summed E-state index contributed by atoms with van der Waals surface area (Å²) in [6.07, 6.45) is -0.654. The van der Waals surface area contributed by atoms with Crippen molar-refractivity contribution >= 4 is 27.9 Å². The van der Waals surface area contributed by atoms with Crippen LogP contribution in [0.15, 0.2) is 0 Å². The number of nitrogens with one attached hydrogen (secondary N) is 1. The lowest BCUT2D eigenvalue weighted by atomic mass is 10.1. The highest BCUT2D eigenvalue weighted by atomic mass is 79.9. The molecule has 2 amide bonds. The van der Waals surface area contributed by atoms with Gasteiger partial charge in [0.05, 0.1) is 4.95 Å². The van der Waals surface area contributed by atoms with Crippen molar-refractivity contribution in [3.63, 3.8) is 0 Å². The van der Waals surface area contributed by atoms with Crippen LogP contribution in [-0.4, -0.2) is 58.4 Å². The number of alkyl halides is 4. The van der Waals surface area contributed by atoms with Gasteiger partial charge >= 0.3 is 18.2 Å². The molecule has 172 valence electrons. The number of alkyl carbamates (subject to hydrolysis) is 1. The molecule has 0 radical (unpaired) electrons. The van der Waals surface area contributed by atoms with Crippen molar-refractivity contribution in [1.82, 2.24) is 10.2 Å². The van der Waals surface area contributed by atoms with Crippen LogP contribution < -0.4 is 5.32 Å². The van der Waals surface area contributed by atoms with E-state index in [-0.39, 0.29) is 13.2 Å². The maximum Gasteiger partial charge on any atom is 0.471 e. The second-order valence-corrected chi connectivity index (χ2v) is 8.90. The van der Waals surface area contributed by atoms with E-state index in [1.165, 1.54) is 0 Å². The van der Waals surface area contributed by atoms with Crippen molar-refractivity contribution in [3.8, 4) is 0 Å². The number of rotatable bonds is 13. The molecule has 0 heterocycles. The Hall–Kier alpha value is -1.03. The van der Waals surface area contributed by atoms with E-state index in [2.05, 4.69) is 21.2 Å². The van der Waals surface area contributed by atoms with E-state index < -0.39 is 28.7 Å². The van der Waals surface area contributed by atoms with Crippen LogP contribution in [0.2, 0.25) is 0 Å². The predicted octanol–water partition coefficient (Wildman–Crippen LogP) is 4.74. The van der Waals surface area contributed by atoms with Gasteiger partial charge in [-0.05, 0) is 46.5 Å². The number of hydrogen-bond acceptors (Lipinski definition) is 4. The molecule has 29 heavy (non-hydrogen) atoms. The molecule has 0 spiro atoms. The monoisotopic (exact) mass is 490 g/mol. The van der Waals surface area contributed by atoms with Gasteiger partial charge in [0.2, 0.25) is 0 Å². The Morgan fingerprint density at radius 2 is 1.62 bits per heavy atom. The number of halogens is 4. The minimum absolute atomic E-state index is 0.0138. The largest absolute Gasteiger partial charge is 0.471 e. The maximum absolute atomic E-state index is 12.9. The van der Waals surface area contributed by atoms with Gasteiger partial charge in [0.15, 0.2) is 0 Å². The van der Waals surface area contributed by atoms with Crippen LogP contribution in [0.1, 0.15) is 72.1 Å². The van der Waals surface area contributed by atoms with E-state index in [1.807, 2.05) is 0 Å². The van der Waals surface area contributed by atoms with Gasteiger partial charge in [-0.15, -0.1) is 0 Å². The van der Waals surface area contributed by atoms with E-state index in [1.54, 1.807) is 20.8 Å². The van der Waals surface area contributed by atoms with Gasteiger partial charge in [-0.3, -0.25) is 4.79 Å². The van der Waals surface area contributed by atoms with Crippen LogP contribution in [0.3, 0.4) is 0 Å². The standard InChI is InChI=1S/C19H34BrF3N2O4/c1-18(2,3)29-17(28)24-12-8-6-7-11-15(20)25(16(27)19(21,22)23)13-9-4-5-10-14-26/h15,26H,4-14H2,1-3H3,(H,24,28). The highest BCUT2D eigenvalue weighted by Gasteiger charge is 2.43. The summed E-state index contributed by atoms with van der Waals surface area (Å²) in [6, 6.07) is 0. The first-order chi connectivity index (χ1) is 13.4. The Kier molecular flexibility index (Phi) is 13.6. The highest BCUT2D eigenvalue weighted by Crippen LogP contribution is 2.25. The van der Waals surface area contributed by atoms with E-state index in [9.17, 15) is 22.8 Å². The molecule has 0 saturated heterocycles. The normalized spacial score (nSPS) is 13.1.